The molecule has 0 unspecified atom stereocenters. The lowest BCUT2D eigenvalue weighted by atomic mass is 10.1. The molecule has 0 aliphatic carbocycles. The van der Waals surface area contributed by atoms with Crippen molar-refractivity contribution in [1.29, 1.82) is 0 Å². The second-order valence-corrected chi connectivity index (χ2v) is 5.86. The summed E-state index contributed by atoms with van der Waals surface area (Å²) < 4.78 is 0. The Morgan fingerprint density at radius 2 is 1.20 bits per heavy atom. The topological polar surface area (TPSA) is 200 Å². The molecule has 11 N–H and O–H groups in total. The molecule has 25 heavy (non-hydrogen) atoms. The Kier molecular flexibility index (Phi) is 12.6. The molecule has 10 nitrogen and oxygen atoms in total. The second kappa shape index (κ2) is 13.5. The number of hydrogen-bond donors (Lipinski definition) is 7. The van der Waals surface area contributed by atoms with Gasteiger partial charge in [-0.1, -0.05) is 0 Å². The van der Waals surface area contributed by atoms with Crippen LogP contribution in [0, 0.1) is 0 Å². The standard InChI is InChI=1S/C15H32N6O4/c16-7-1-4-10(19)13(22)20-11(5-2-8-17)14(23)21-12(15(24)25)6-3-9-18/h10-12H,1-9,16-19H2,(H,20,22)(H,21,23)(H,24,25)/t10-,11-,12-/m1/s1. The molecule has 0 aliphatic heterocycles. The maximum atomic E-state index is 12.4. The van der Waals surface area contributed by atoms with E-state index in [2.05, 4.69) is 10.6 Å². The van der Waals surface area contributed by atoms with Crippen molar-refractivity contribution >= 4 is 17.8 Å². The van der Waals surface area contributed by atoms with Gasteiger partial charge in [-0.25, -0.2) is 4.79 Å². The van der Waals surface area contributed by atoms with Crippen LogP contribution in [-0.2, 0) is 14.4 Å². The van der Waals surface area contributed by atoms with Gasteiger partial charge in [-0.15, -0.1) is 0 Å². The zero-order valence-electron chi connectivity index (χ0n) is 14.6. The van der Waals surface area contributed by atoms with Crippen LogP contribution in [-0.4, -0.2) is 60.6 Å². The monoisotopic (exact) mass is 360 g/mol. The van der Waals surface area contributed by atoms with Crippen molar-refractivity contribution in [3.63, 3.8) is 0 Å². The van der Waals surface area contributed by atoms with Crippen molar-refractivity contribution in [1.82, 2.24) is 10.6 Å². The molecule has 0 radical (unpaired) electrons. The number of rotatable bonds is 14. The van der Waals surface area contributed by atoms with Crippen LogP contribution in [0.25, 0.3) is 0 Å². The van der Waals surface area contributed by atoms with Gasteiger partial charge in [0.1, 0.15) is 12.1 Å². The Morgan fingerprint density at radius 1 is 0.760 bits per heavy atom. The Balaban J connectivity index is 4.83. The first-order valence-electron chi connectivity index (χ1n) is 8.56. The van der Waals surface area contributed by atoms with Crippen molar-refractivity contribution in [2.45, 2.75) is 56.7 Å². The van der Waals surface area contributed by atoms with Crippen molar-refractivity contribution in [2.75, 3.05) is 19.6 Å². The van der Waals surface area contributed by atoms with Crippen molar-refractivity contribution in [3.05, 3.63) is 0 Å². The highest BCUT2D eigenvalue weighted by molar-refractivity contribution is 5.91. The SMILES string of the molecule is NCCC[C@@H](N)C(=O)N[C@H](CCCN)C(=O)N[C@H](CCCN)C(=O)O. The highest BCUT2D eigenvalue weighted by Gasteiger charge is 2.27. The highest BCUT2D eigenvalue weighted by Crippen LogP contribution is 2.03. The van der Waals surface area contributed by atoms with Gasteiger partial charge in [0.25, 0.3) is 0 Å². The van der Waals surface area contributed by atoms with Gasteiger partial charge in [0.15, 0.2) is 0 Å². The normalized spacial score (nSPS) is 14.4. The van der Waals surface area contributed by atoms with Crippen molar-refractivity contribution in [2.24, 2.45) is 22.9 Å². The van der Waals surface area contributed by atoms with Gasteiger partial charge in [-0.3, -0.25) is 9.59 Å². The molecule has 10 heteroatoms. The Labute approximate surface area is 148 Å². The molecule has 0 heterocycles. The molecule has 2 amide bonds. The van der Waals surface area contributed by atoms with Gasteiger partial charge in [0.2, 0.25) is 11.8 Å². The number of amides is 2. The number of hydrogen-bond acceptors (Lipinski definition) is 7. The molecule has 0 saturated heterocycles. The van der Waals surface area contributed by atoms with Crippen LogP contribution in [0.4, 0.5) is 0 Å². The molecule has 0 bridgehead atoms. The molecule has 0 aromatic carbocycles. The third kappa shape index (κ3) is 9.97. The summed E-state index contributed by atoms with van der Waals surface area (Å²) in [6, 6.07) is -2.72. The molecule has 0 rings (SSSR count). The fourth-order valence-corrected chi connectivity index (χ4v) is 2.19. The molecule has 0 aliphatic rings. The minimum atomic E-state index is -1.15. The molecular weight excluding hydrogens is 328 g/mol. The van der Waals surface area contributed by atoms with Crippen LogP contribution in [0.2, 0.25) is 0 Å². The van der Waals surface area contributed by atoms with E-state index in [1.807, 2.05) is 0 Å². The first-order chi connectivity index (χ1) is 11.9. The van der Waals surface area contributed by atoms with Gasteiger partial charge in [0, 0.05) is 0 Å². The minimum absolute atomic E-state index is 0.213. The molecule has 0 aromatic heterocycles. The average Bonchev–Trinajstić information content (AvgIpc) is 2.59. The quantitative estimate of drug-likeness (QED) is 0.177. The minimum Gasteiger partial charge on any atom is -0.480 e. The zero-order chi connectivity index (χ0) is 19.2. The van der Waals surface area contributed by atoms with Crippen LogP contribution in [0.15, 0.2) is 0 Å². The lowest BCUT2D eigenvalue weighted by Crippen LogP contribution is -2.54. The molecule has 0 fully saturated rings. The smallest absolute Gasteiger partial charge is 0.326 e. The summed E-state index contributed by atoms with van der Waals surface area (Å²) in [6.45, 7) is 1.08. The predicted octanol–water partition coefficient (Wildman–Crippen LogP) is -2.42. The molecular formula is C15H32N6O4. The van der Waals surface area contributed by atoms with E-state index < -0.39 is 35.9 Å². The van der Waals surface area contributed by atoms with E-state index in [0.717, 1.165) is 0 Å². The summed E-state index contributed by atoms with van der Waals surface area (Å²) in [6.07, 6.45) is 2.46. The van der Waals surface area contributed by atoms with E-state index >= 15 is 0 Å². The van der Waals surface area contributed by atoms with Gasteiger partial charge in [-0.05, 0) is 58.2 Å². The van der Waals surface area contributed by atoms with E-state index in [-0.39, 0.29) is 6.42 Å². The number of aliphatic carboxylic acids is 1. The van der Waals surface area contributed by atoms with Gasteiger partial charge in [-0.2, -0.15) is 0 Å². The zero-order valence-corrected chi connectivity index (χ0v) is 14.6. The van der Waals surface area contributed by atoms with E-state index in [1.54, 1.807) is 0 Å². The first kappa shape index (κ1) is 23.2. The average molecular weight is 360 g/mol. The van der Waals surface area contributed by atoms with Crippen LogP contribution in [0.5, 0.6) is 0 Å². The summed E-state index contributed by atoms with van der Waals surface area (Å²) in [4.78, 5) is 35.7. The molecule has 0 aromatic rings. The second-order valence-electron chi connectivity index (χ2n) is 5.86. The number of carboxylic acids is 1. The van der Waals surface area contributed by atoms with Crippen LogP contribution in [0.3, 0.4) is 0 Å². The van der Waals surface area contributed by atoms with Crippen molar-refractivity contribution in [3.8, 4) is 0 Å². The number of carbonyl (C=O) groups excluding carboxylic acids is 2. The predicted molar refractivity (Wildman–Crippen MR) is 94.3 cm³/mol. The lowest BCUT2D eigenvalue weighted by Gasteiger charge is -2.22. The third-order valence-electron chi connectivity index (χ3n) is 3.70. The molecule has 0 saturated carbocycles. The lowest BCUT2D eigenvalue weighted by molar-refractivity contribution is -0.142. The van der Waals surface area contributed by atoms with Gasteiger partial charge in [0.05, 0.1) is 6.04 Å². The van der Waals surface area contributed by atoms with Crippen molar-refractivity contribution < 1.29 is 19.5 Å². The summed E-state index contributed by atoms with van der Waals surface area (Å²) in [7, 11) is 0. The van der Waals surface area contributed by atoms with E-state index in [9.17, 15) is 19.5 Å². The fraction of sp³-hybridized carbons (Fsp3) is 0.800. The summed E-state index contributed by atoms with van der Waals surface area (Å²) >= 11 is 0. The Bertz CT molecular complexity index is 421. The van der Waals surface area contributed by atoms with E-state index in [1.165, 1.54) is 0 Å². The largest absolute Gasteiger partial charge is 0.480 e. The molecule has 3 atom stereocenters. The maximum Gasteiger partial charge on any atom is 0.326 e. The van der Waals surface area contributed by atoms with Gasteiger partial charge < -0.3 is 38.7 Å². The number of carboxylic acid groups (broad SMARTS) is 1. The van der Waals surface area contributed by atoms with E-state index in [0.29, 0.717) is 51.7 Å². The summed E-state index contributed by atoms with van der Waals surface area (Å²) in [5.41, 5.74) is 22.0. The Hall–Kier alpha value is -1.75. The Morgan fingerprint density at radius 3 is 1.68 bits per heavy atom. The maximum absolute atomic E-state index is 12.4. The fourth-order valence-electron chi connectivity index (χ4n) is 2.19. The number of nitrogens with one attached hydrogen (secondary N) is 2. The molecule has 0 spiro atoms. The third-order valence-corrected chi connectivity index (χ3v) is 3.70. The summed E-state index contributed by atoms with van der Waals surface area (Å²) in [5, 5.41) is 14.2. The van der Waals surface area contributed by atoms with Crippen LogP contribution >= 0.6 is 0 Å². The number of nitrogens with two attached hydrogens (primary N) is 4. The first-order valence-corrected chi connectivity index (χ1v) is 8.56. The number of carbonyl (C=O) groups is 3. The van der Waals surface area contributed by atoms with E-state index in [4.69, 9.17) is 22.9 Å². The van der Waals surface area contributed by atoms with Crippen LogP contribution in [0.1, 0.15) is 38.5 Å². The highest BCUT2D eigenvalue weighted by atomic mass is 16.4. The van der Waals surface area contributed by atoms with Crippen LogP contribution < -0.4 is 33.6 Å². The van der Waals surface area contributed by atoms with Gasteiger partial charge >= 0.3 is 5.97 Å². The molecule has 146 valence electrons. The summed E-state index contributed by atoms with van der Waals surface area (Å²) in [5.74, 6) is -2.19.